The molecule has 178 valence electrons. The van der Waals surface area contributed by atoms with Gasteiger partial charge in [-0.25, -0.2) is 0 Å². The zero-order chi connectivity index (χ0) is 24.1. The Morgan fingerprint density at radius 2 is 2.00 bits per heavy atom. The quantitative estimate of drug-likeness (QED) is 0.558. The van der Waals surface area contributed by atoms with Crippen molar-refractivity contribution in [2.75, 3.05) is 24.5 Å². The van der Waals surface area contributed by atoms with E-state index >= 15 is 0 Å². The second-order valence-corrected chi connectivity index (χ2v) is 10.7. The summed E-state index contributed by atoms with van der Waals surface area (Å²) in [7, 11) is 0. The van der Waals surface area contributed by atoms with E-state index < -0.39 is 0 Å². The third-order valence-electron chi connectivity index (χ3n) is 7.54. The number of hydrogen-bond acceptors (Lipinski definition) is 7. The van der Waals surface area contributed by atoms with Crippen LogP contribution in [0, 0.1) is 11.3 Å². The Kier molecular flexibility index (Phi) is 5.54. The van der Waals surface area contributed by atoms with Gasteiger partial charge >= 0.3 is 0 Å². The van der Waals surface area contributed by atoms with Crippen LogP contribution in [0.15, 0.2) is 30.5 Å². The van der Waals surface area contributed by atoms with Gasteiger partial charge in [0.25, 0.3) is 0 Å². The molecule has 1 aromatic carbocycles. The average molecular weight is 486 g/mol. The van der Waals surface area contributed by atoms with Gasteiger partial charge in [-0.05, 0) is 62.6 Å². The largest absolute Gasteiger partial charge is 0.366 e. The van der Waals surface area contributed by atoms with E-state index in [0.29, 0.717) is 11.6 Å². The first-order chi connectivity index (χ1) is 17.0. The number of benzene rings is 1. The maximum absolute atomic E-state index is 12.3. The van der Waals surface area contributed by atoms with Crippen molar-refractivity contribution in [3.8, 4) is 17.2 Å². The standard InChI is InChI=1S/C27H27N5O2S/c1-16(32-24(33)4-5-25(32)34)23-13-22-27(35-23)20(7-9-30-22)21-12-17(14-28)11-18-3-2-10-31(26(18)21)19-6-8-29-15-19/h7,9,11-13,16,19,29H,2-6,8,10,15H2,1H3/t16?,19-/m1/s1. The molecule has 8 heteroatoms. The van der Waals surface area contributed by atoms with Crippen LogP contribution in [0.5, 0.6) is 0 Å². The summed E-state index contributed by atoms with van der Waals surface area (Å²) in [6.07, 6.45) is 5.56. The summed E-state index contributed by atoms with van der Waals surface area (Å²) < 4.78 is 1.03. The fourth-order valence-electron chi connectivity index (χ4n) is 5.84. The van der Waals surface area contributed by atoms with Gasteiger partial charge < -0.3 is 10.2 Å². The summed E-state index contributed by atoms with van der Waals surface area (Å²) in [4.78, 5) is 34.2. The average Bonchev–Trinajstić information content (AvgIpc) is 3.62. The van der Waals surface area contributed by atoms with Crippen LogP contribution in [-0.4, -0.2) is 47.4 Å². The van der Waals surface area contributed by atoms with Gasteiger partial charge in [0.15, 0.2) is 0 Å². The fraction of sp³-hybridized carbons (Fsp3) is 0.407. The maximum Gasteiger partial charge on any atom is 0.230 e. The molecule has 35 heavy (non-hydrogen) atoms. The molecular formula is C27H27N5O2S. The van der Waals surface area contributed by atoms with Crippen molar-refractivity contribution in [3.05, 3.63) is 46.5 Å². The van der Waals surface area contributed by atoms with Gasteiger partial charge in [-0.2, -0.15) is 5.26 Å². The smallest absolute Gasteiger partial charge is 0.230 e. The molecule has 5 heterocycles. The highest BCUT2D eigenvalue weighted by Gasteiger charge is 2.35. The first-order valence-corrected chi connectivity index (χ1v) is 13.1. The van der Waals surface area contributed by atoms with Crippen molar-refractivity contribution in [2.24, 2.45) is 0 Å². The number of fused-ring (bicyclic) bond motifs is 2. The number of aryl methyl sites for hydroxylation is 1. The van der Waals surface area contributed by atoms with Crippen molar-refractivity contribution in [1.29, 1.82) is 5.26 Å². The van der Waals surface area contributed by atoms with Crippen LogP contribution in [0.3, 0.4) is 0 Å². The SMILES string of the molecule is CC(c1cc2nccc(-c3cc(C#N)cc4c3N([C@@H]3CCNC3)CCC4)c2s1)N1C(=O)CCC1=O. The van der Waals surface area contributed by atoms with Crippen LogP contribution in [0.2, 0.25) is 0 Å². The second-order valence-electron chi connectivity index (χ2n) is 9.64. The lowest BCUT2D eigenvalue weighted by Gasteiger charge is -2.38. The van der Waals surface area contributed by atoms with Gasteiger partial charge in [0.2, 0.25) is 11.8 Å². The first kappa shape index (κ1) is 22.2. The molecule has 1 unspecified atom stereocenters. The lowest BCUT2D eigenvalue weighted by molar-refractivity contribution is -0.140. The third kappa shape index (κ3) is 3.70. The summed E-state index contributed by atoms with van der Waals surface area (Å²) in [5, 5.41) is 13.3. The zero-order valence-electron chi connectivity index (χ0n) is 19.7. The van der Waals surface area contributed by atoms with E-state index in [1.54, 1.807) is 11.3 Å². The van der Waals surface area contributed by atoms with E-state index in [0.717, 1.165) is 65.1 Å². The predicted octanol–water partition coefficient (Wildman–Crippen LogP) is 4.16. The number of carbonyl (C=O) groups excluding carboxylic acids is 2. The van der Waals surface area contributed by atoms with Crippen LogP contribution >= 0.6 is 11.3 Å². The maximum atomic E-state index is 12.3. The van der Waals surface area contributed by atoms with E-state index in [2.05, 4.69) is 27.3 Å². The summed E-state index contributed by atoms with van der Waals surface area (Å²) >= 11 is 1.59. The Hall–Kier alpha value is -3.28. The highest BCUT2D eigenvalue weighted by molar-refractivity contribution is 7.19. The lowest BCUT2D eigenvalue weighted by atomic mass is 9.90. The molecule has 6 rings (SSSR count). The molecule has 3 aromatic rings. The van der Waals surface area contributed by atoms with Gasteiger partial charge in [0.05, 0.1) is 27.9 Å². The Morgan fingerprint density at radius 1 is 1.17 bits per heavy atom. The number of hydrogen-bond donors (Lipinski definition) is 1. The summed E-state index contributed by atoms with van der Waals surface area (Å²) in [5.41, 5.74) is 6.14. The number of imide groups is 1. The Morgan fingerprint density at radius 3 is 2.74 bits per heavy atom. The molecule has 0 saturated carbocycles. The van der Waals surface area contributed by atoms with E-state index in [-0.39, 0.29) is 30.7 Å². The third-order valence-corrected chi connectivity index (χ3v) is 8.86. The number of carbonyl (C=O) groups is 2. The zero-order valence-corrected chi connectivity index (χ0v) is 20.5. The van der Waals surface area contributed by atoms with Crippen LogP contribution in [0.1, 0.15) is 54.7 Å². The van der Waals surface area contributed by atoms with E-state index in [4.69, 9.17) is 0 Å². The predicted molar refractivity (Wildman–Crippen MR) is 136 cm³/mol. The second kappa shape index (κ2) is 8.74. The molecule has 0 spiro atoms. The topological polar surface area (TPSA) is 89.3 Å². The minimum absolute atomic E-state index is 0.107. The van der Waals surface area contributed by atoms with Crippen LogP contribution in [-0.2, 0) is 16.0 Å². The summed E-state index contributed by atoms with van der Waals surface area (Å²) in [6.45, 7) is 4.93. The molecule has 2 aromatic heterocycles. The van der Waals surface area contributed by atoms with Crippen molar-refractivity contribution in [2.45, 2.75) is 51.1 Å². The number of nitriles is 1. The monoisotopic (exact) mass is 485 g/mol. The molecule has 3 aliphatic heterocycles. The molecule has 3 aliphatic rings. The van der Waals surface area contributed by atoms with E-state index in [1.165, 1.54) is 16.2 Å². The molecule has 2 atom stereocenters. The number of aromatic nitrogens is 1. The first-order valence-electron chi connectivity index (χ1n) is 12.3. The van der Waals surface area contributed by atoms with Crippen molar-refractivity contribution >= 4 is 39.1 Å². The van der Waals surface area contributed by atoms with Crippen molar-refractivity contribution < 1.29 is 9.59 Å². The van der Waals surface area contributed by atoms with E-state index in [9.17, 15) is 14.9 Å². The lowest BCUT2D eigenvalue weighted by Crippen LogP contribution is -2.40. The van der Waals surface area contributed by atoms with Gasteiger partial charge in [-0.1, -0.05) is 0 Å². The number of rotatable bonds is 4. The molecule has 2 saturated heterocycles. The highest BCUT2D eigenvalue weighted by Crippen LogP contribution is 2.45. The molecule has 0 bridgehead atoms. The van der Waals surface area contributed by atoms with Crippen LogP contribution in [0.4, 0.5) is 5.69 Å². The number of amides is 2. The Balaban J connectivity index is 1.50. The summed E-state index contributed by atoms with van der Waals surface area (Å²) in [6, 6.07) is 10.6. The van der Waals surface area contributed by atoms with Crippen molar-refractivity contribution in [3.63, 3.8) is 0 Å². The minimum atomic E-state index is -0.315. The number of pyridine rings is 1. The van der Waals surface area contributed by atoms with Crippen molar-refractivity contribution in [1.82, 2.24) is 15.2 Å². The molecule has 2 amide bonds. The summed E-state index contributed by atoms with van der Waals surface area (Å²) in [5.74, 6) is -0.213. The minimum Gasteiger partial charge on any atom is -0.366 e. The Labute approximate surface area is 208 Å². The normalized spacial score (nSPS) is 21.0. The number of likely N-dealkylation sites (tertiary alicyclic amines) is 1. The van der Waals surface area contributed by atoms with E-state index in [1.807, 2.05) is 31.3 Å². The van der Waals surface area contributed by atoms with Crippen LogP contribution in [0.25, 0.3) is 21.3 Å². The highest BCUT2D eigenvalue weighted by atomic mass is 32.1. The molecule has 0 radical (unpaired) electrons. The van der Waals surface area contributed by atoms with Crippen LogP contribution < -0.4 is 10.2 Å². The van der Waals surface area contributed by atoms with Gasteiger partial charge in [0.1, 0.15) is 0 Å². The Bertz CT molecular complexity index is 1370. The number of thiophene rings is 1. The van der Waals surface area contributed by atoms with Gasteiger partial charge in [-0.3, -0.25) is 19.5 Å². The fourth-order valence-corrected chi connectivity index (χ4v) is 7.03. The van der Waals surface area contributed by atoms with Gasteiger partial charge in [0, 0.05) is 59.9 Å². The van der Waals surface area contributed by atoms with Gasteiger partial charge in [-0.15, -0.1) is 11.3 Å². The molecule has 7 nitrogen and oxygen atoms in total. The molecular weight excluding hydrogens is 458 g/mol. The number of nitrogens with one attached hydrogen (secondary N) is 1. The number of anilines is 1. The number of nitrogens with zero attached hydrogens (tertiary/aromatic N) is 4. The molecule has 1 N–H and O–H groups in total. The molecule has 0 aliphatic carbocycles. The molecule has 2 fully saturated rings.